The molecule has 3 rings (SSSR count). The maximum atomic E-state index is 11.3. The van der Waals surface area contributed by atoms with Crippen molar-refractivity contribution in [3.05, 3.63) is 59.7 Å². The summed E-state index contributed by atoms with van der Waals surface area (Å²) < 4.78 is 15.6. The summed E-state index contributed by atoms with van der Waals surface area (Å²) in [6.07, 6.45) is 0. The summed E-state index contributed by atoms with van der Waals surface area (Å²) in [7, 11) is -4.84. The van der Waals surface area contributed by atoms with Crippen molar-refractivity contribution in [1.82, 2.24) is 0 Å². The number of hydrogen-bond donors (Lipinski definition) is 2. The van der Waals surface area contributed by atoms with Gasteiger partial charge in [-0.3, -0.25) is 0 Å². The Morgan fingerprint density at radius 2 is 1.48 bits per heavy atom. The fraction of sp³-hybridized carbons (Fsp3) is 0.133. The first-order valence-electron chi connectivity index (χ1n) is 6.39. The molecule has 0 amide bonds. The maximum absolute atomic E-state index is 11.3. The molecule has 0 heterocycles. The lowest BCUT2D eigenvalue weighted by atomic mass is 9.98. The van der Waals surface area contributed by atoms with Crippen LogP contribution in [0.4, 0.5) is 4.79 Å². The van der Waals surface area contributed by atoms with E-state index in [-0.39, 0.29) is 12.5 Å². The third kappa shape index (κ3) is 2.51. The molecule has 0 aliphatic heterocycles. The van der Waals surface area contributed by atoms with Crippen molar-refractivity contribution in [3.8, 4) is 11.1 Å². The number of carbonyl (C=O) groups excluding carboxylic acids is 1. The minimum Gasteiger partial charge on any atom is -0.456 e. The molecule has 0 aromatic heterocycles. The molecule has 0 fully saturated rings. The minimum atomic E-state index is -4.84. The third-order valence-electron chi connectivity index (χ3n) is 3.57. The van der Waals surface area contributed by atoms with E-state index in [1.165, 1.54) is 0 Å². The van der Waals surface area contributed by atoms with Crippen LogP contribution in [0.2, 0.25) is 0 Å². The predicted octanol–water partition coefficient (Wildman–Crippen LogP) is 3.11. The van der Waals surface area contributed by atoms with Gasteiger partial charge in [0, 0.05) is 5.92 Å². The first kappa shape index (κ1) is 14.0. The topological polar surface area (TPSA) is 83.8 Å². The zero-order valence-electron chi connectivity index (χ0n) is 11.0. The predicted molar refractivity (Wildman–Crippen MR) is 77.1 cm³/mol. The van der Waals surface area contributed by atoms with Crippen molar-refractivity contribution >= 4 is 13.3 Å². The van der Waals surface area contributed by atoms with E-state index >= 15 is 0 Å². The largest absolute Gasteiger partial charge is 0.456 e. The smallest absolute Gasteiger partial charge is 0.433 e. The van der Waals surface area contributed by atoms with E-state index in [0.29, 0.717) is 0 Å². The Kier molecular flexibility index (Phi) is 3.41. The highest BCUT2D eigenvalue weighted by atomic mass is 31.2. The van der Waals surface area contributed by atoms with Crippen LogP contribution in [0.15, 0.2) is 48.5 Å². The monoisotopic (exact) mass is 304 g/mol. The van der Waals surface area contributed by atoms with Gasteiger partial charge in [0.1, 0.15) is 6.61 Å². The van der Waals surface area contributed by atoms with Crippen molar-refractivity contribution in [2.75, 3.05) is 6.61 Å². The quantitative estimate of drug-likeness (QED) is 0.851. The highest BCUT2D eigenvalue weighted by Gasteiger charge is 2.32. The lowest BCUT2D eigenvalue weighted by Gasteiger charge is -2.14. The van der Waals surface area contributed by atoms with Gasteiger partial charge < -0.3 is 14.5 Å². The summed E-state index contributed by atoms with van der Waals surface area (Å²) in [6.45, 7) is -0.0853. The Balaban J connectivity index is 1.93. The Hall–Kier alpha value is -1.94. The molecule has 2 aromatic rings. The van der Waals surface area contributed by atoms with Crippen LogP contribution in [0.1, 0.15) is 17.0 Å². The van der Waals surface area contributed by atoms with Gasteiger partial charge in [0.25, 0.3) is 0 Å². The number of hydrogen-bond acceptors (Lipinski definition) is 3. The van der Waals surface area contributed by atoms with E-state index in [1.807, 2.05) is 48.5 Å². The van der Waals surface area contributed by atoms with Crippen molar-refractivity contribution < 1.29 is 23.9 Å². The molecular formula is C15H13O5P. The number of benzene rings is 2. The van der Waals surface area contributed by atoms with E-state index in [1.54, 1.807) is 0 Å². The summed E-state index contributed by atoms with van der Waals surface area (Å²) >= 11 is 0. The van der Waals surface area contributed by atoms with Gasteiger partial charge in [0.15, 0.2) is 0 Å². The van der Waals surface area contributed by atoms with Gasteiger partial charge in [-0.25, -0.2) is 9.36 Å². The fourth-order valence-electron chi connectivity index (χ4n) is 2.68. The highest BCUT2D eigenvalue weighted by molar-refractivity contribution is 7.69. The van der Waals surface area contributed by atoms with Crippen LogP contribution in [0.5, 0.6) is 0 Å². The van der Waals surface area contributed by atoms with Crippen LogP contribution >= 0.6 is 7.60 Å². The van der Waals surface area contributed by atoms with Gasteiger partial charge in [-0.05, 0) is 22.3 Å². The summed E-state index contributed by atoms with van der Waals surface area (Å²) in [6, 6.07) is 15.5. The van der Waals surface area contributed by atoms with Crippen molar-refractivity contribution in [3.63, 3.8) is 0 Å². The number of rotatable bonds is 3. The van der Waals surface area contributed by atoms with Crippen LogP contribution in [-0.4, -0.2) is 22.1 Å². The molecule has 6 heteroatoms. The molecule has 2 N–H and O–H groups in total. The second-order valence-corrected chi connectivity index (χ2v) is 6.30. The molecule has 5 nitrogen and oxygen atoms in total. The van der Waals surface area contributed by atoms with Gasteiger partial charge in [-0.2, -0.15) is 0 Å². The van der Waals surface area contributed by atoms with Gasteiger partial charge in [0.2, 0.25) is 0 Å². The summed E-state index contributed by atoms with van der Waals surface area (Å²) in [5.74, 6) is -0.201. The summed E-state index contributed by atoms with van der Waals surface area (Å²) in [5.41, 5.74) is 2.63. The number of ether oxygens (including phenoxy) is 1. The first-order valence-corrected chi connectivity index (χ1v) is 8.01. The van der Waals surface area contributed by atoms with Crippen molar-refractivity contribution in [1.29, 1.82) is 0 Å². The van der Waals surface area contributed by atoms with Crippen LogP contribution < -0.4 is 0 Å². The molecule has 0 unspecified atom stereocenters. The summed E-state index contributed by atoms with van der Waals surface area (Å²) in [4.78, 5) is 28.8. The molecule has 0 spiro atoms. The molecule has 108 valence electrons. The Labute approximate surface area is 121 Å². The molecule has 0 saturated heterocycles. The van der Waals surface area contributed by atoms with Gasteiger partial charge in [-0.1, -0.05) is 48.5 Å². The minimum absolute atomic E-state index is 0.0853. The SMILES string of the molecule is O=C(OCC1c2ccccc2-c2ccccc21)P(=O)(O)O. The molecule has 0 atom stereocenters. The second kappa shape index (κ2) is 5.11. The molecule has 0 saturated carbocycles. The standard InChI is InChI=1S/C15H13O5P/c16-15(21(17,18)19)20-9-14-12-7-3-1-5-10(12)11-6-2-4-8-13(11)14/h1-8,14H,9H2,(H2,17,18,19). The zero-order valence-corrected chi connectivity index (χ0v) is 11.9. The first-order chi connectivity index (χ1) is 9.98. The van der Waals surface area contributed by atoms with E-state index < -0.39 is 13.3 Å². The van der Waals surface area contributed by atoms with E-state index in [2.05, 4.69) is 0 Å². The van der Waals surface area contributed by atoms with E-state index in [4.69, 9.17) is 14.5 Å². The van der Waals surface area contributed by atoms with Crippen LogP contribution in [0.3, 0.4) is 0 Å². The molecule has 21 heavy (non-hydrogen) atoms. The van der Waals surface area contributed by atoms with Crippen molar-refractivity contribution in [2.45, 2.75) is 5.92 Å². The average Bonchev–Trinajstić information content (AvgIpc) is 2.78. The summed E-state index contributed by atoms with van der Waals surface area (Å²) in [5, 5.41) is 0. The number of fused-ring (bicyclic) bond motifs is 3. The fourth-order valence-corrected chi connectivity index (χ4v) is 2.92. The normalized spacial score (nSPS) is 13.6. The Morgan fingerprint density at radius 3 is 1.95 bits per heavy atom. The van der Waals surface area contributed by atoms with E-state index in [9.17, 15) is 9.36 Å². The molecule has 0 radical (unpaired) electrons. The van der Waals surface area contributed by atoms with Gasteiger partial charge in [0.05, 0.1) is 0 Å². The van der Waals surface area contributed by atoms with Gasteiger partial charge in [-0.15, -0.1) is 0 Å². The van der Waals surface area contributed by atoms with E-state index in [0.717, 1.165) is 22.3 Å². The lowest BCUT2D eigenvalue weighted by Crippen LogP contribution is -2.11. The van der Waals surface area contributed by atoms with Crippen LogP contribution in [-0.2, 0) is 9.30 Å². The molecule has 1 aliphatic rings. The molecule has 2 aromatic carbocycles. The Bertz CT molecular complexity index is 704. The second-order valence-electron chi connectivity index (χ2n) is 4.85. The Morgan fingerprint density at radius 1 is 1.00 bits per heavy atom. The molecular weight excluding hydrogens is 291 g/mol. The number of carbonyl (C=O) groups is 1. The van der Waals surface area contributed by atoms with Crippen LogP contribution in [0, 0.1) is 0 Å². The average molecular weight is 304 g/mol. The molecule has 1 aliphatic carbocycles. The maximum Gasteiger partial charge on any atom is 0.433 e. The van der Waals surface area contributed by atoms with Crippen molar-refractivity contribution in [2.24, 2.45) is 0 Å². The highest BCUT2D eigenvalue weighted by Crippen LogP contribution is 2.45. The third-order valence-corrected chi connectivity index (χ3v) is 4.18. The zero-order chi connectivity index (χ0) is 15.0. The molecule has 0 bridgehead atoms. The van der Waals surface area contributed by atoms with Gasteiger partial charge >= 0.3 is 13.3 Å². The lowest BCUT2D eigenvalue weighted by molar-refractivity contribution is 0.159. The van der Waals surface area contributed by atoms with Crippen LogP contribution in [0.25, 0.3) is 11.1 Å².